The first kappa shape index (κ1) is 56.7. The van der Waals surface area contributed by atoms with E-state index in [4.69, 9.17) is 29.2 Å². The van der Waals surface area contributed by atoms with Crippen molar-refractivity contribution < 1.29 is 38.7 Å². The van der Waals surface area contributed by atoms with Gasteiger partial charge < -0.3 is 29.2 Å². The first-order valence-corrected chi connectivity index (χ1v) is 26.5. The molecule has 0 amide bonds. The fourth-order valence-corrected chi connectivity index (χ4v) is 9.88. The second-order valence-electron chi connectivity index (χ2n) is 23.7. The second-order valence-corrected chi connectivity index (χ2v) is 23.7. The summed E-state index contributed by atoms with van der Waals surface area (Å²) in [6.45, 7) is 28.2. The van der Waals surface area contributed by atoms with E-state index < -0.39 is 11.9 Å². The zero-order valence-electron chi connectivity index (χ0n) is 44.6. The molecule has 2 N–H and O–H groups in total. The molecule has 10 nitrogen and oxygen atoms in total. The van der Waals surface area contributed by atoms with E-state index in [0.717, 1.165) is 85.4 Å². The monoisotopic (exact) mass is 945 g/mol. The van der Waals surface area contributed by atoms with E-state index in [9.17, 15) is 9.59 Å². The average Bonchev–Trinajstić information content (AvgIpc) is 4.05. The summed E-state index contributed by atoms with van der Waals surface area (Å²) in [7, 11) is 0. The number of rotatable bonds is 11. The van der Waals surface area contributed by atoms with Crippen LogP contribution in [0.2, 0.25) is 0 Å². The number of carboxylic acid groups (broad SMARTS) is 2. The molecule has 0 saturated heterocycles. The topological polar surface area (TPSA) is 137 Å². The minimum absolute atomic E-state index is 0.00440. The highest BCUT2D eigenvalue weighted by atomic mass is 16.5. The summed E-state index contributed by atoms with van der Waals surface area (Å²) in [5.41, 5.74) is 3.45. The lowest BCUT2D eigenvalue weighted by atomic mass is 9.87. The fourth-order valence-electron chi connectivity index (χ4n) is 9.88. The van der Waals surface area contributed by atoms with Gasteiger partial charge in [-0.1, -0.05) is 87.5 Å². The van der Waals surface area contributed by atoms with Crippen molar-refractivity contribution in [1.29, 1.82) is 0 Å². The number of aliphatic carboxylic acids is 2. The van der Waals surface area contributed by atoms with Gasteiger partial charge in [-0.2, -0.15) is 0 Å². The molecule has 382 valence electrons. The van der Waals surface area contributed by atoms with Gasteiger partial charge in [0.2, 0.25) is 0 Å². The lowest BCUT2D eigenvalue weighted by Gasteiger charge is -2.27. The van der Waals surface area contributed by atoms with Crippen molar-refractivity contribution in [2.45, 2.75) is 242 Å². The van der Waals surface area contributed by atoms with Crippen LogP contribution >= 0.6 is 0 Å². The summed E-state index contributed by atoms with van der Waals surface area (Å²) in [6.07, 6.45) is 24.0. The molecule has 0 aliphatic heterocycles. The Labute approximate surface area is 412 Å². The van der Waals surface area contributed by atoms with E-state index in [0.29, 0.717) is 54.3 Å². The van der Waals surface area contributed by atoms with Gasteiger partial charge in [0, 0.05) is 16.8 Å². The van der Waals surface area contributed by atoms with Crippen LogP contribution in [0.25, 0.3) is 0 Å². The zero-order chi connectivity index (χ0) is 50.2. The highest BCUT2D eigenvalue weighted by molar-refractivity contribution is 5.70. The molecule has 2 unspecified atom stereocenters. The molecule has 0 spiro atoms. The van der Waals surface area contributed by atoms with Crippen molar-refractivity contribution in [3.63, 3.8) is 0 Å². The molecule has 0 aromatic carbocycles. The largest absolute Gasteiger partial charge is 0.489 e. The lowest BCUT2D eigenvalue weighted by Crippen LogP contribution is -2.29. The van der Waals surface area contributed by atoms with Crippen LogP contribution in [0.3, 0.4) is 0 Å². The van der Waals surface area contributed by atoms with Gasteiger partial charge >= 0.3 is 11.9 Å². The number of hydrogen-bond donors (Lipinski definition) is 2. The van der Waals surface area contributed by atoms with Crippen molar-refractivity contribution >= 4 is 11.9 Å². The number of aromatic nitrogens is 2. The first-order valence-electron chi connectivity index (χ1n) is 26.5. The second kappa shape index (κ2) is 26.9. The Morgan fingerprint density at radius 1 is 0.647 bits per heavy atom. The minimum Gasteiger partial charge on any atom is -0.489 e. The molecule has 5 aliphatic carbocycles. The molecule has 10 heteroatoms. The molecule has 5 fully saturated rings. The molecule has 2 aromatic rings. The Morgan fingerprint density at radius 2 is 1.16 bits per heavy atom. The third-order valence-electron chi connectivity index (χ3n) is 14.2. The van der Waals surface area contributed by atoms with Crippen molar-refractivity contribution in [2.75, 3.05) is 0 Å². The summed E-state index contributed by atoms with van der Waals surface area (Å²) >= 11 is 0. The van der Waals surface area contributed by atoms with Gasteiger partial charge in [0.25, 0.3) is 0 Å². The predicted octanol–water partition coefficient (Wildman–Crippen LogP) is 14.4. The van der Waals surface area contributed by atoms with Gasteiger partial charge in [0.15, 0.2) is 0 Å². The van der Waals surface area contributed by atoms with Gasteiger partial charge in [-0.3, -0.25) is 19.6 Å². The van der Waals surface area contributed by atoms with E-state index in [1.165, 1.54) is 51.4 Å². The van der Waals surface area contributed by atoms with Gasteiger partial charge in [-0.05, 0) is 177 Å². The summed E-state index contributed by atoms with van der Waals surface area (Å²) in [5.74, 6) is 6.17. The number of hydrogen-bond acceptors (Lipinski definition) is 8. The summed E-state index contributed by atoms with van der Waals surface area (Å²) in [5, 5.41) is 18.1. The van der Waals surface area contributed by atoms with E-state index >= 15 is 0 Å². The van der Waals surface area contributed by atoms with Crippen molar-refractivity contribution in [3.8, 4) is 23.5 Å². The maximum absolute atomic E-state index is 11.1. The molecule has 68 heavy (non-hydrogen) atoms. The molecule has 10 atom stereocenters. The molecular formula is C58H92N2O8. The van der Waals surface area contributed by atoms with Crippen LogP contribution in [-0.4, -0.2) is 62.6 Å². The van der Waals surface area contributed by atoms with E-state index in [1.54, 1.807) is 0 Å². The van der Waals surface area contributed by atoms with Crippen LogP contribution in [0, 0.1) is 59.4 Å². The average molecular weight is 945 g/mol. The highest BCUT2D eigenvalue weighted by Gasteiger charge is 2.47. The Hall–Kier alpha value is -3.84. The smallest absolute Gasteiger partial charge is 0.306 e. The van der Waals surface area contributed by atoms with Gasteiger partial charge in [0.05, 0.1) is 48.1 Å². The van der Waals surface area contributed by atoms with Gasteiger partial charge in [0.1, 0.15) is 23.7 Å². The van der Waals surface area contributed by atoms with Crippen LogP contribution in [0.5, 0.6) is 11.5 Å². The molecule has 2 heterocycles. The van der Waals surface area contributed by atoms with Crippen LogP contribution in [0.1, 0.15) is 221 Å². The van der Waals surface area contributed by atoms with Gasteiger partial charge in [-0.15, -0.1) is 0 Å². The summed E-state index contributed by atoms with van der Waals surface area (Å²) in [6, 6.07) is 8.08. The molecule has 7 rings (SSSR count). The van der Waals surface area contributed by atoms with Crippen molar-refractivity contribution in [3.05, 3.63) is 47.5 Å². The molecule has 2 aromatic heterocycles. The van der Waals surface area contributed by atoms with Crippen molar-refractivity contribution in [2.24, 2.45) is 40.4 Å². The SMILES string of the molecule is CC(C)(C)C1CC1O[C@H]1CCC[C@H](C(=O)O)C1.CC(C)c1ccc(O[C@H]2CCC[C@H](C)C2)cn1.C[C@H]1CCC[C@H](OC#CC(C)(C)C)C1.Cc1nc(C(C)C)ccc1O[C@H]1CCC[C@H](C(=O)O)C1. The predicted molar refractivity (Wildman–Crippen MR) is 273 cm³/mol. The Balaban J connectivity index is 0.000000199. The quantitative estimate of drug-likeness (QED) is 0.209. The standard InChI is InChI=1S/C16H23NO3.C15H23NO.C14H24O3.C13H22O/c1-10(2)14-7-8-15(11(3)17-14)20-13-6-4-5-12(9-13)16(18)19;1-11(2)15-8-7-14(10-16-15)17-13-6-4-5-12(3)9-13;1-14(2,3)11-8-12(11)17-10-6-4-5-9(7-10)13(15)16;1-11-6-5-7-12(10-11)14-9-8-13(2,3)4/h7-8,10,12-13H,4-6,9H2,1-3H3,(H,18,19);7-8,10-13H,4-6,9H2,1-3H3;9-12H,4-8H2,1-3H3,(H,15,16);11-12H,5-7,10H2,1-4H3/t2*12-,13-;9-,10-,11?,12?;11-,12-/m0000/s1. The molecule has 0 bridgehead atoms. The van der Waals surface area contributed by atoms with E-state index in [1.807, 2.05) is 25.3 Å². The molecular weight excluding hydrogens is 853 g/mol. The van der Waals surface area contributed by atoms with Gasteiger partial charge in [-0.25, -0.2) is 0 Å². The van der Waals surface area contributed by atoms with Crippen LogP contribution in [0.4, 0.5) is 0 Å². The third-order valence-corrected chi connectivity index (χ3v) is 14.2. The Kier molecular flexibility index (Phi) is 22.5. The maximum atomic E-state index is 11.1. The van der Waals surface area contributed by atoms with E-state index in [-0.39, 0.29) is 29.5 Å². The Bertz CT molecular complexity index is 1890. The molecule has 5 saturated carbocycles. The third kappa shape index (κ3) is 20.6. The van der Waals surface area contributed by atoms with Crippen LogP contribution in [0.15, 0.2) is 30.5 Å². The minimum atomic E-state index is -0.705. The van der Waals surface area contributed by atoms with E-state index in [2.05, 4.69) is 117 Å². The highest BCUT2D eigenvalue weighted by Crippen LogP contribution is 2.48. The number of pyridine rings is 2. The molecule has 0 radical (unpaired) electrons. The summed E-state index contributed by atoms with van der Waals surface area (Å²) in [4.78, 5) is 31.0. The zero-order valence-corrected chi connectivity index (χ0v) is 44.6. The first-order chi connectivity index (χ1) is 32.0. The number of nitrogens with zero attached hydrogens (tertiary/aromatic N) is 2. The summed E-state index contributed by atoms with van der Waals surface area (Å²) < 4.78 is 23.6. The molecule has 5 aliphatic rings. The number of aryl methyl sites for hydroxylation is 1. The van der Waals surface area contributed by atoms with Crippen molar-refractivity contribution in [1.82, 2.24) is 9.97 Å². The Morgan fingerprint density at radius 3 is 1.65 bits per heavy atom. The fraction of sp³-hybridized carbons (Fsp3) is 0.759. The number of carboxylic acids is 2. The maximum Gasteiger partial charge on any atom is 0.306 e. The van der Waals surface area contributed by atoms with Crippen LogP contribution in [-0.2, 0) is 19.1 Å². The normalized spacial score (nSPS) is 28.1. The number of carbonyl (C=O) groups is 2. The van der Waals surface area contributed by atoms with Crippen LogP contribution < -0.4 is 9.47 Å². The number of ether oxygens (including phenoxy) is 4. The lowest BCUT2D eigenvalue weighted by molar-refractivity contribution is -0.145.